The number of nitriles is 1. The molecule has 0 aliphatic heterocycles. The van der Waals surface area contributed by atoms with E-state index < -0.39 is 10.0 Å². The van der Waals surface area contributed by atoms with Gasteiger partial charge in [0.2, 0.25) is 10.0 Å². The Morgan fingerprint density at radius 1 is 1.30 bits per heavy atom. The van der Waals surface area contributed by atoms with Crippen LogP contribution in [0.15, 0.2) is 23.1 Å². The average molecular weight is 294 g/mol. The van der Waals surface area contributed by atoms with Crippen LogP contribution in [0, 0.1) is 24.2 Å². The molecule has 0 aromatic heterocycles. The number of aryl methyl sites for hydroxylation is 1. The Labute approximate surface area is 122 Å². The second-order valence-electron chi connectivity index (χ2n) is 5.59. The summed E-state index contributed by atoms with van der Waals surface area (Å²) in [6, 6.07) is 6.66. The minimum Gasteiger partial charge on any atom is -0.207 e. The van der Waals surface area contributed by atoms with Gasteiger partial charge in [-0.2, -0.15) is 9.57 Å². The molecule has 1 rings (SSSR count). The van der Waals surface area contributed by atoms with Crippen molar-refractivity contribution < 1.29 is 8.42 Å². The highest BCUT2D eigenvalue weighted by molar-refractivity contribution is 7.89. The molecule has 0 spiro atoms. The molecule has 0 bridgehead atoms. The lowest BCUT2D eigenvalue weighted by Crippen LogP contribution is -2.36. The van der Waals surface area contributed by atoms with E-state index in [-0.39, 0.29) is 10.9 Å². The molecule has 1 aromatic rings. The van der Waals surface area contributed by atoms with E-state index >= 15 is 0 Å². The fourth-order valence-corrected chi connectivity index (χ4v) is 3.79. The van der Waals surface area contributed by atoms with Crippen LogP contribution < -0.4 is 0 Å². The molecule has 0 aliphatic rings. The van der Waals surface area contributed by atoms with E-state index in [1.54, 1.807) is 26.1 Å². The molecule has 0 heterocycles. The molecule has 110 valence electrons. The standard InChI is InChI=1S/C15H22N2O2S/c1-11(2)8-13(4)17(5)20(18,19)15-9-14(10-16)7-6-12(15)3/h6-7,9,11,13H,8H2,1-5H3. The lowest BCUT2D eigenvalue weighted by atomic mass is 10.1. The molecule has 0 radical (unpaired) electrons. The maximum absolute atomic E-state index is 12.7. The van der Waals surface area contributed by atoms with Crippen LogP contribution in [0.4, 0.5) is 0 Å². The second-order valence-corrected chi connectivity index (χ2v) is 7.56. The molecule has 0 fully saturated rings. The van der Waals surface area contributed by atoms with Gasteiger partial charge in [0.1, 0.15) is 0 Å². The Balaban J connectivity index is 3.20. The van der Waals surface area contributed by atoms with Crippen LogP contribution in [0.25, 0.3) is 0 Å². The number of rotatable bonds is 5. The van der Waals surface area contributed by atoms with Gasteiger partial charge in [-0.3, -0.25) is 0 Å². The lowest BCUT2D eigenvalue weighted by molar-refractivity contribution is 0.337. The fourth-order valence-electron chi connectivity index (χ4n) is 2.17. The topological polar surface area (TPSA) is 61.2 Å². The van der Waals surface area contributed by atoms with E-state index in [0.717, 1.165) is 6.42 Å². The molecule has 20 heavy (non-hydrogen) atoms. The molecule has 5 heteroatoms. The molecule has 0 saturated heterocycles. The zero-order valence-corrected chi connectivity index (χ0v) is 13.5. The minimum atomic E-state index is -3.56. The number of nitrogens with zero attached hydrogens (tertiary/aromatic N) is 2. The zero-order valence-electron chi connectivity index (χ0n) is 12.7. The van der Waals surface area contributed by atoms with Crippen LogP contribution in [0.5, 0.6) is 0 Å². The van der Waals surface area contributed by atoms with Crippen LogP contribution in [0.1, 0.15) is 38.3 Å². The van der Waals surface area contributed by atoms with Crippen LogP contribution >= 0.6 is 0 Å². The highest BCUT2D eigenvalue weighted by Gasteiger charge is 2.27. The van der Waals surface area contributed by atoms with Crippen molar-refractivity contribution >= 4 is 10.0 Å². The van der Waals surface area contributed by atoms with Crippen molar-refractivity contribution in [1.29, 1.82) is 5.26 Å². The zero-order chi connectivity index (χ0) is 15.5. The third kappa shape index (κ3) is 3.59. The van der Waals surface area contributed by atoms with Crippen LogP contribution in [-0.4, -0.2) is 25.8 Å². The Kier molecular flexibility index (Phi) is 5.32. The number of hydrogen-bond acceptors (Lipinski definition) is 3. The van der Waals surface area contributed by atoms with Gasteiger partial charge in [0.15, 0.2) is 0 Å². The van der Waals surface area contributed by atoms with Crippen molar-refractivity contribution in [2.24, 2.45) is 5.92 Å². The molecular weight excluding hydrogens is 272 g/mol. The first-order chi connectivity index (χ1) is 9.20. The fraction of sp³-hybridized carbons (Fsp3) is 0.533. The highest BCUT2D eigenvalue weighted by atomic mass is 32.2. The summed E-state index contributed by atoms with van der Waals surface area (Å²) in [5.74, 6) is 0.425. The van der Waals surface area contributed by atoms with E-state index in [4.69, 9.17) is 5.26 Å². The second kappa shape index (κ2) is 6.38. The van der Waals surface area contributed by atoms with E-state index in [1.807, 2.05) is 13.0 Å². The van der Waals surface area contributed by atoms with E-state index in [9.17, 15) is 8.42 Å². The van der Waals surface area contributed by atoms with E-state index in [0.29, 0.717) is 17.0 Å². The van der Waals surface area contributed by atoms with Crippen molar-refractivity contribution in [2.45, 2.75) is 45.1 Å². The van der Waals surface area contributed by atoms with Gasteiger partial charge in [0.25, 0.3) is 0 Å². The molecule has 1 atom stereocenters. The van der Waals surface area contributed by atoms with Crippen LogP contribution in [0.3, 0.4) is 0 Å². The molecule has 0 aliphatic carbocycles. The van der Waals surface area contributed by atoms with Crippen molar-refractivity contribution in [3.8, 4) is 6.07 Å². The van der Waals surface area contributed by atoms with Gasteiger partial charge >= 0.3 is 0 Å². The van der Waals surface area contributed by atoms with Gasteiger partial charge in [-0.25, -0.2) is 8.42 Å². The van der Waals surface area contributed by atoms with Gasteiger partial charge < -0.3 is 0 Å². The molecule has 1 aromatic carbocycles. The monoisotopic (exact) mass is 294 g/mol. The lowest BCUT2D eigenvalue weighted by Gasteiger charge is -2.26. The minimum absolute atomic E-state index is 0.0786. The van der Waals surface area contributed by atoms with Gasteiger partial charge in [0, 0.05) is 13.1 Å². The largest absolute Gasteiger partial charge is 0.243 e. The number of sulfonamides is 1. The van der Waals surface area contributed by atoms with Gasteiger partial charge in [-0.05, 0) is 43.9 Å². The van der Waals surface area contributed by atoms with Crippen molar-refractivity contribution in [1.82, 2.24) is 4.31 Å². The summed E-state index contributed by atoms with van der Waals surface area (Å²) in [6.07, 6.45) is 0.798. The van der Waals surface area contributed by atoms with E-state index in [2.05, 4.69) is 13.8 Å². The quantitative estimate of drug-likeness (QED) is 0.839. The Hall–Kier alpha value is -1.38. The van der Waals surface area contributed by atoms with Crippen molar-refractivity contribution in [3.05, 3.63) is 29.3 Å². The van der Waals surface area contributed by atoms with Gasteiger partial charge in [0.05, 0.1) is 16.5 Å². The molecular formula is C15H22N2O2S. The summed E-state index contributed by atoms with van der Waals surface area (Å²) in [5.41, 5.74) is 1.02. The molecule has 0 N–H and O–H groups in total. The summed E-state index contributed by atoms with van der Waals surface area (Å²) < 4.78 is 26.7. The van der Waals surface area contributed by atoms with Gasteiger partial charge in [-0.15, -0.1) is 0 Å². The first kappa shape index (κ1) is 16.7. The third-order valence-corrected chi connectivity index (χ3v) is 5.52. The van der Waals surface area contributed by atoms with Gasteiger partial charge in [-0.1, -0.05) is 19.9 Å². The Morgan fingerprint density at radius 3 is 2.40 bits per heavy atom. The summed E-state index contributed by atoms with van der Waals surface area (Å²) >= 11 is 0. The summed E-state index contributed by atoms with van der Waals surface area (Å²) in [6.45, 7) is 7.78. The first-order valence-corrected chi connectivity index (χ1v) is 8.13. The van der Waals surface area contributed by atoms with Crippen LogP contribution in [0.2, 0.25) is 0 Å². The highest BCUT2D eigenvalue weighted by Crippen LogP contribution is 2.23. The molecule has 0 saturated carbocycles. The maximum atomic E-state index is 12.7. The summed E-state index contributed by atoms with van der Waals surface area (Å²) in [4.78, 5) is 0.217. The average Bonchev–Trinajstić information content (AvgIpc) is 2.37. The summed E-state index contributed by atoms with van der Waals surface area (Å²) in [7, 11) is -1.97. The molecule has 4 nitrogen and oxygen atoms in total. The predicted molar refractivity (Wildman–Crippen MR) is 79.8 cm³/mol. The van der Waals surface area contributed by atoms with E-state index in [1.165, 1.54) is 10.4 Å². The Bertz CT molecular complexity index is 615. The first-order valence-electron chi connectivity index (χ1n) is 6.69. The maximum Gasteiger partial charge on any atom is 0.243 e. The Morgan fingerprint density at radius 2 is 1.90 bits per heavy atom. The van der Waals surface area contributed by atoms with Crippen molar-refractivity contribution in [3.63, 3.8) is 0 Å². The number of hydrogen-bond donors (Lipinski definition) is 0. The smallest absolute Gasteiger partial charge is 0.207 e. The molecule has 0 amide bonds. The van der Waals surface area contributed by atoms with Crippen LogP contribution in [-0.2, 0) is 10.0 Å². The summed E-state index contributed by atoms with van der Waals surface area (Å²) in [5, 5.41) is 8.93. The molecule has 1 unspecified atom stereocenters. The SMILES string of the molecule is Cc1ccc(C#N)cc1S(=O)(=O)N(C)C(C)CC(C)C. The predicted octanol–water partition coefficient (Wildman–Crippen LogP) is 2.92. The number of benzene rings is 1. The van der Waals surface area contributed by atoms with Crippen molar-refractivity contribution in [2.75, 3.05) is 7.05 Å². The third-order valence-electron chi connectivity index (χ3n) is 3.41. The normalized spacial score (nSPS) is 13.5.